The van der Waals surface area contributed by atoms with Crippen LogP contribution >= 0.6 is 0 Å². The molecule has 7 nitrogen and oxygen atoms in total. The lowest BCUT2D eigenvalue weighted by molar-refractivity contribution is -0.138. The van der Waals surface area contributed by atoms with E-state index in [1.165, 1.54) is 35.0 Å². The summed E-state index contributed by atoms with van der Waals surface area (Å²) in [4.78, 5) is 42.7. The van der Waals surface area contributed by atoms with Gasteiger partial charge in [-0.15, -0.1) is 0 Å². The molecule has 0 saturated heterocycles. The van der Waals surface area contributed by atoms with Gasteiger partial charge in [0.2, 0.25) is 5.91 Å². The molecule has 0 aliphatic carbocycles. The number of amides is 4. The lowest BCUT2D eigenvalue weighted by Crippen LogP contribution is -2.45. The average Bonchev–Trinajstić information content (AvgIpc) is 3.06. The second-order valence-corrected chi connectivity index (χ2v) is 7.93. The SMILES string of the molecule is CCCN(CCC)C(=O)CN1CC2=C(C1=O)[C@H](c1ccccc1C(F)(F)F)NC(=O)N2C. The standard InChI is InChI=1S/C22H27F3N4O3/c1-4-10-28(11-5-2)17(30)13-29-12-16-18(20(29)31)19(26-21(32)27(16)3)14-8-6-7-9-15(14)22(23,24)25/h6-9,19H,4-5,10-13H2,1-3H3,(H,26,32)/t19-/m0/s1. The number of nitrogens with one attached hydrogen (secondary N) is 1. The van der Waals surface area contributed by atoms with Crippen molar-refractivity contribution < 1.29 is 27.6 Å². The molecule has 1 N–H and O–H groups in total. The van der Waals surface area contributed by atoms with E-state index < -0.39 is 29.7 Å². The number of hydrogen-bond donors (Lipinski definition) is 1. The average molecular weight is 452 g/mol. The van der Waals surface area contributed by atoms with Gasteiger partial charge in [0.25, 0.3) is 5.91 Å². The Kier molecular flexibility index (Phi) is 6.80. The summed E-state index contributed by atoms with van der Waals surface area (Å²) in [5.74, 6) is -0.772. The highest BCUT2D eigenvalue weighted by atomic mass is 19.4. The molecule has 2 aliphatic heterocycles. The number of likely N-dealkylation sites (N-methyl/N-ethyl adjacent to an activating group) is 1. The highest BCUT2D eigenvalue weighted by Crippen LogP contribution is 2.41. The molecule has 3 rings (SSSR count). The Morgan fingerprint density at radius 1 is 1.16 bits per heavy atom. The molecule has 1 atom stereocenters. The third-order valence-electron chi connectivity index (χ3n) is 5.68. The smallest absolute Gasteiger partial charge is 0.341 e. The minimum atomic E-state index is -4.65. The summed E-state index contributed by atoms with van der Waals surface area (Å²) < 4.78 is 40.8. The second kappa shape index (κ2) is 9.22. The zero-order chi connectivity index (χ0) is 23.6. The highest BCUT2D eigenvalue weighted by molar-refractivity contribution is 6.03. The molecule has 1 aromatic carbocycles. The van der Waals surface area contributed by atoms with E-state index in [4.69, 9.17) is 0 Å². The summed E-state index contributed by atoms with van der Waals surface area (Å²) in [7, 11) is 1.45. The van der Waals surface area contributed by atoms with Crippen LogP contribution in [0.15, 0.2) is 35.5 Å². The van der Waals surface area contributed by atoms with Gasteiger partial charge in [-0.05, 0) is 24.5 Å². The third kappa shape index (κ3) is 4.44. The lowest BCUT2D eigenvalue weighted by atomic mass is 9.92. The minimum absolute atomic E-state index is 0.0133. The van der Waals surface area contributed by atoms with E-state index in [9.17, 15) is 27.6 Å². The minimum Gasteiger partial charge on any atom is -0.341 e. The number of nitrogens with zero attached hydrogens (tertiary/aromatic N) is 3. The Morgan fingerprint density at radius 3 is 2.38 bits per heavy atom. The molecule has 0 fully saturated rings. The summed E-state index contributed by atoms with van der Waals surface area (Å²) >= 11 is 0. The van der Waals surface area contributed by atoms with Crippen molar-refractivity contribution in [3.8, 4) is 0 Å². The van der Waals surface area contributed by atoms with E-state index in [0.29, 0.717) is 18.8 Å². The number of urea groups is 1. The first-order valence-electron chi connectivity index (χ1n) is 10.6. The molecule has 2 aliphatic rings. The molecule has 0 unspecified atom stereocenters. The van der Waals surface area contributed by atoms with Crippen LogP contribution in [0, 0.1) is 0 Å². The van der Waals surface area contributed by atoms with Crippen LogP contribution in [0.3, 0.4) is 0 Å². The summed E-state index contributed by atoms with van der Waals surface area (Å²) in [5.41, 5.74) is -0.740. The van der Waals surface area contributed by atoms with Crippen LogP contribution in [0.4, 0.5) is 18.0 Å². The maximum atomic E-state index is 13.6. The number of carbonyl (C=O) groups excluding carboxylic acids is 3. The molecule has 0 radical (unpaired) electrons. The molecular weight excluding hydrogens is 425 g/mol. The molecule has 0 aromatic heterocycles. The molecule has 10 heteroatoms. The van der Waals surface area contributed by atoms with Crippen LogP contribution in [0.1, 0.15) is 43.9 Å². The number of alkyl halides is 3. The van der Waals surface area contributed by atoms with Crippen molar-refractivity contribution in [3.05, 3.63) is 46.7 Å². The van der Waals surface area contributed by atoms with Crippen LogP contribution < -0.4 is 5.32 Å². The van der Waals surface area contributed by atoms with Crippen LogP contribution in [-0.2, 0) is 15.8 Å². The van der Waals surface area contributed by atoms with Crippen molar-refractivity contribution in [3.63, 3.8) is 0 Å². The van der Waals surface area contributed by atoms with E-state index in [-0.39, 0.29) is 30.1 Å². The van der Waals surface area contributed by atoms with Crippen molar-refractivity contribution in [2.24, 2.45) is 0 Å². The van der Waals surface area contributed by atoms with Gasteiger partial charge in [0.15, 0.2) is 0 Å². The Morgan fingerprint density at radius 2 is 1.78 bits per heavy atom. The summed E-state index contributed by atoms with van der Waals surface area (Å²) in [6, 6.07) is 3.02. The van der Waals surface area contributed by atoms with Crippen molar-refractivity contribution in [2.45, 2.75) is 38.9 Å². The molecule has 0 bridgehead atoms. The Bertz CT molecular complexity index is 939. The largest absolute Gasteiger partial charge is 0.416 e. The predicted molar refractivity (Wildman–Crippen MR) is 111 cm³/mol. The number of carbonyl (C=O) groups is 3. The molecular formula is C22H27F3N4O3. The molecule has 32 heavy (non-hydrogen) atoms. The Balaban J connectivity index is 1.94. The molecule has 0 spiro atoms. The van der Waals surface area contributed by atoms with Crippen molar-refractivity contribution in [1.82, 2.24) is 20.0 Å². The Labute approximate surface area is 184 Å². The number of hydrogen-bond acceptors (Lipinski definition) is 3. The van der Waals surface area contributed by atoms with Crippen molar-refractivity contribution in [2.75, 3.05) is 33.2 Å². The van der Waals surface area contributed by atoms with Crippen LogP contribution in [-0.4, -0.2) is 65.8 Å². The summed E-state index contributed by atoms with van der Waals surface area (Å²) in [6.07, 6.45) is -3.11. The van der Waals surface area contributed by atoms with E-state index in [1.54, 1.807) is 4.90 Å². The van der Waals surface area contributed by atoms with Gasteiger partial charge in [0.1, 0.15) is 6.54 Å². The van der Waals surface area contributed by atoms with Gasteiger partial charge in [0, 0.05) is 20.1 Å². The van der Waals surface area contributed by atoms with Gasteiger partial charge in [-0.2, -0.15) is 13.2 Å². The molecule has 2 heterocycles. The second-order valence-electron chi connectivity index (χ2n) is 7.93. The summed E-state index contributed by atoms with van der Waals surface area (Å²) in [5, 5.41) is 2.52. The van der Waals surface area contributed by atoms with Gasteiger partial charge < -0.3 is 15.1 Å². The fourth-order valence-electron chi connectivity index (χ4n) is 4.16. The van der Waals surface area contributed by atoms with Crippen molar-refractivity contribution >= 4 is 17.8 Å². The first-order chi connectivity index (χ1) is 15.1. The first-order valence-corrected chi connectivity index (χ1v) is 10.6. The zero-order valence-electron chi connectivity index (χ0n) is 18.3. The summed E-state index contributed by atoms with van der Waals surface area (Å²) in [6.45, 7) is 4.81. The number of benzene rings is 1. The topological polar surface area (TPSA) is 73.0 Å². The highest BCUT2D eigenvalue weighted by Gasteiger charge is 2.46. The monoisotopic (exact) mass is 452 g/mol. The van der Waals surface area contributed by atoms with E-state index in [1.807, 2.05) is 13.8 Å². The zero-order valence-corrected chi connectivity index (χ0v) is 18.3. The maximum absolute atomic E-state index is 13.6. The maximum Gasteiger partial charge on any atom is 0.416 e. The first kappa shape index (κ1) is 23.6. The molecule has 174 valence electrons. The van der Waals surface area contributed by atoms with E-state index in [2.05, 4.69) is 5.32 Å². The molecule has 0 saturated carbocycles. The lowest BCUT2D eigenvalue weighted by Gasteiger charge is -2.32. The van der Waals surface area contributed by atoms with Gasteiger partial charge in [-0.1, -0.05) is 32.0 Å². The van der Waals surface area contributed by atoms with Gasteiger partial charge >= 0.3 is 12.2 Å². The fourth-order valence-corrected chi connectivity index (χ4v) is 4.16. The van der Waals surface area contributed by atoms with E-state index >= 15 is 0 Å². The van der Waals surface area contributed by atoms with Crippen LogP contribution in [0.2, 0.25) is 0 Å². The number of halogens is 3. The van der Waals surface area contributed by atoms with Gasteiger partial charge in [-0.25, -0.2) is 4.79 Å². The number of rotatable bonds is 7. The van der Waals surface area contributed by atoms with E-state index in [0.717, 1.165) is 18.9 Å². The third-order valence-corrected chi connectivity index (χ3v) is 5.68. The fraction of sp³-hybridized carbons (Fsp3) is 0.500. The Hall–Kier alpha value is -3.04. The van der Waals surface area contributed by atoms with Gasteiger partial charge in [-0.3, -0.25) is 14.5 Å². The normalized spacial score (nSPS) is 18.8. The predicted octanol–water partition coefficient (Wildman–Crippen LogP) is 3.15. The quantitative estimate of drug-likeness (QED) is 0.691. The van der Waals surface area contributed by atoms with Crippen molar-refractivity contribution in [1.29, 1.82) is 0 Å². The van der Waals surface area contributed by atoms with Crippen LogP contribution in [0.5, 0.6) is 0 Å². The van der Waals surface area contributed by atoms with Crippen LogP contribution in [0.25, 0.3) is 0 Å². The molecule has 1 aromatic rings. The molecule has 4 amide bonds. The van der Waals surface area contributed by atoms with Gasteiger partial charge in [0.05, 0.1) is 29.4 Å².